The molecule has 0 saturated carbocycles. The Kier molecular flexibility index (Phi) is 3.72. The van der Waals surface area contributed by atoms with Gasteiger partial charge in [-0.25, -0.2) is 0 Å². The molecule has 0 nitrogen and oxygen atoms in total. The largest absolute Gasteiger partial charge is 0.0795 e. The van der Waals surface area contributed by atoms with E-state index in [1.165, 1.54) is 33.4 Å². The Balaban J connectivity index is 1.66. The number of fused-ring (bicyclic) bond motifs is 2. The van der Waals surface area contributed by atoms with Crippen molar-refractivity contribution in [1.29, 1.82) is 0 Å². The third kappa shape index (κ3) is 2.36. The smallest absolute Gasteiger partial charge is 0.00854 e. The second kappa shape index (κ2) is 5.77. The van der Waals surface area contributed by atoms with E-state index in [4.69, 9.17) is 0 Å². The molecular weight excluding hydrogens is 288 g/mol. The fourth-order valence-electron chi connectivity index (χ4n) is 4.67. The molecule has 24 heavy (non-hydrogen) atoms. The van der Waals surface area contributed by atoms with Crippen LogP contribution in [0.25, 0.3) is 12.2 Å². The van der Waals surface area contributed by atoms with Crippen LogP contribution < -0.4 is 0 Å². The molecule has 0 aromatic heterocycles. The predicted molar refractivity (Wildman–Crippen MR) is 105 cm³/mol. The predicted octanol–water partition coefficient (Wildman–Crippen LogP) is 5.84. The number of hydrogen-bond donors (Lipinski definition) is 0. The highest BCUT2D eigenvalue weighted by Crippen LogP contribution is 2.32. The lowest BCUT2D eigenvalue weighted by Crippen LogP contribution is -2.05. The Labute approximate surface area is 145 Å². The molecular formula is C24H26. The molecule has 0 atom stereocenters. The van der Waals surface area contributed by atoms with Crippen molar-refractivity contribution < 1.29 is 0 Å². The van der Waals surface area contributed by atoms with Gasteiger partial charge in [-0.15, -0.1) is 0 Å². The van der Waals surface area contributed by atoms with Crippen molar-refractivity contribution in [3.05, 3.63) is 79.9 Å². The normalized spacial score (nSPS) is 14.3. The van der Waals surface area contributed by atoms with Gasteiger partial charge in [0.05, 0.1) is 0 Å². The summed E-state index contributed by atoms with van der Waals surface area (Å²) in [5, 5.41) is 0. The molecule has 0 N–H and O–H groups in total. The lowest BCUT2D eigenvalue weighted by Gasteiger charge is -2.18. The molecule has 4 rings (SSSR count). The third-order valence-corrected chi connectivity index (χ3v) is 6.07. The Morgan fingerprint density at radius 3 is 1.50 bits per heavy atom. The Morgan fingerprint density at radius 2 is 1.08 bits per heavy atom. The van der Waals surface area contributed by atoms with E-state index in [1.807, 2.05) is 0 Å². The van der Waals surface area contributed by atoms with Crippen molar-refractivity contribution in [2.75, 3.05) is 0 Å². The first-order valence-corrected chi connectivity index (χ1v) is 9.13. The fourth-order valence-corrected chi connectivity index (χ4v) is 4.67. The first-order valence-electron chi connectivity index (χ1n) is 9.13. The van der Waals surface area contributed by atoms with Crippen molar-refractivity contribution in [2.24, 2.45) is 0 Å². The first kappa shape index (κ1) is 15.4. The van der Waals surface area contributed by atoms with Gasteiger partial charge in [0.15, 0.2) is 0 Å². The SMILES string of the molecule is Cc1cc2c(c(C)c1CCc1c(C)cc3c(c1C)CC=C3)CC=C2. The highest BCUT2D eigenvalue weighted by Gasteiger charge is 2.17. The van der Waals surface area contributed by atoms with Crippen molar-refractivity contribution in [1.82, 2.24) is 0 Å². The quantitative estimate of drug-likeness (QED) is 0.667. The monoisotopic (exact) mass is 314 g/mol. The summed E-state index contributed by atoms with van der Waals surface area (Å²) in [6.45, 7) is 9.20. The second-order valence-electron chi connectivity index (χ2n) is 7.44. The molecule has 0 aliphatic heterocycles. The maximum atomic E-state index is 2.38. The van der Waals surface area contributed by atoms with Gasteiger partial charge in [-0.05, 0) is 109 Å². The van der Waals surface area contributed by atoms with E-state index in [1.54, 1.807) is 22.3 Å². The highest BCUT2D eigenvalue weighted by molar-refractivity contribution is 5.66. The molecule has 2 aliphatic rings. The molecule has 0 radical (unpaired) electrons. The number of aryl methyl sites for hydroxylation is 2. The van der Waals surface area contributed by atoms with E-state index >= 15 is 0 Å². The maximum Gasteiger partial charge on any atom is -0.00854 e. The molecule has 2 aromatic carbocycles. The molecule has 0 unspecified atom stereocenters. The zero-order chi connectivity index (χ0) is 16.8. The molecule has 0 spiro atoms. The van der Waals surface area contributed by atoms with Crippen molar-refractivity contribution in [3.8, 4) is 0 Å². The minimum absolute atomic E-state index is 1.11. The van der Waals surface area contributed by atoms with Crippen LogP contribution in [0.3, 0.4) is 0 Å². The lowest BCUT2D eigenvalue weighted by molar-refractivity contribution is 0.908. The third-order valence-electron chi connectivity index (χ3n) is 6.07. The molecule has 0 heterocycles. The average molecular weight is 314 g/mol. The molecule has 0 amide bonds. The van der Waals surface area contributed by atoms with Gasteiger partial charge in [0.1, 0.15) is 0 Å². The van der Waals surface area contributed by atoms with Crippen LogP contribution in [0.5, 0.6) is 0 Å². The highest BCUT2D eigenvalue weighted by atomic mass is 14.2. The number of rotatable bonds is 3. The van der Waals surface area contributed by atoms with Crippen molar-refractivity contribution >= 4 is 12.2 Å². The Hall–Kier alpha value is -2.08. The first-order chi connectivity index (χ1) is 11.6. The van der Waals surface area contributed by atoms with Gasteiger partial charge in [-0.1, -0.05) is 36.4 Å². The van der Waals surface area contributed by atoms with Crippen molar-refractivity contribution in [3.63, 3.8) is 0 Å². The van der Waals surface area contributed by atoms with Gasteiger partial charge < -0.3 is 0 Å². The van der Waals surface area contributed by atoms with E-state index < -0.39 is 0 Å². The van der Waals surface area contributed by atoms with E-state index in [0.29, 0.717) is 0 Å². The summed E-state index contributed by atoms with van der Waals surface area (Å²) in [4.78, 5) is 0. The van der Waals surface area contributed by atoms with Crippen LogP contribution in [0.2, 0.25) is 0 Å². The lowest BCUT2D eigenvalue weighted by atomic mass is 9.87. The number of hydrogen-bond acceptors (Lipinski definition) is 0. The van der Waals surface area contributed by atoms with E-state index in [9.17, 15) is 0 Å². The van der Waals surface area contributed by atoms with E-state index in [2.05, 4.69) is 64.1 Å². The molecule has 122 valence electrons. The van der Waals surface area contributed by atoms with Crippen molar-refractivity contribution in [2.45, 2.75) is 53.4 Å². The fraction of sp³-hybridized carbons (Fsp3) is 0.333. The van der Waals surface area contributed by atoms with Gasteiger partial charge in [0.25, 0.3) is 0 Å². The zero-order valence-corrected chi connectivity index (χ0v) is 15.3. The second-order valence-corrected chi connectivity index (χ2v) is 7.44. The van der Waals surface area contributed by atoms with E-state index in [-0.39, 0.29) is 0 Å². The van der Waals surface area contributed by atoms with Crippen LogP contribution in [0.4, 0.5) is 0 Å². The summed E-state index contributed by atoms with van der Waals surface area (Å²) >= 11 is 0. The summed E-state index contributed by atoms with van der Waals surface area (Å²) in [5.74, 6) is 0. The standard InChI is InChI=1S/C24H26/c1-15-13-19-7-5-9-23(19)17(3)21(15)11-12-22-16(2)14-20-8-6-10-24(20)18(22)4/h5-8,13-14H,9-12H2,1-4H3. The van der Waals surface area contributed by atoms with Crippen LogP contribution in [0, 0.1) is 27.7 Å². The van der Waals surface area contributed by atoms with Crippen LogP contribution in [-0.4, -0.2) is 0 Å². The van der Waals surface area contributed by atoms with E-state index in [0.717, 1.165) is 25.7 Å². The summed E-state index contributed by atoms with van der Waals surface area (Å²) in [6, 6.07) is 4.76. The van der Waals surface area contributed by atoms with Crippen LogP contribution in [0.15, 0.2) is 24.3 Å². The molecule has 0 heteroatoms. The minimum Gasteiger partial charge on any atom is -0.0795 e. The summed E-state index contributed by atoms with van der Waals surface area (Å²) in [6.07, 6.45) is 13.7. The summed E-state index contributed by atoms with van der Waals surface area (Å²) < 4.78 is 0. The van der Waals surface area contributed by atoms with Gasteiger partial charge in [-0.2, -0.15) is 0 Å². The number of benzene rings is 2. The topological polar surface area (TPSA) is 0 Å². The molecule has 0 saturated heterocycles. The molecule has 2 aliphatic carbocycles. The minimum atomic E-state index is 1.11. The van der Waals surface area contributed by atoms with Gasteiger partial charge in [0, 0.05) is 0 Å². The molecule has 0 fully saturated rings. The van der Waals surface area contributed by atoms with Crippen LogP contribution >= 0.6 is 0 Å². The van der Waals surface area contributed by atoms with Gasteiger partial charge in [-0.3, -0.25) is 0 Å². The average Bonchev–Trinajstić information content (AvgIpc) is 3.18. The van der Waals surface area contributed by atoms with Gasteiger partial charge >= 0.3 is 0 Å². The molecule has 2 aromatic rings. The van der Waals surface area contributed by atoms with Crippen LogP contribution in [-0.2, 0) is 25.7 Å². The van der Waals surface area contributed by atoms with Gasteiger partial charge in [0.2, 0.25) is 0 Å². The summed E-state index contributed by atoms with van der Waals surface area (Å²) in [5.41, 5.74) is 15.0. The van der Waals surface area contributed by atoms with Crippen LogP contribution in [0.1, 0.15) is 55.6 Å². The Bertz CT molecular complexity index is 816. The number of allylic oxidation sites excluding steroid dienone is 2. The molecule has 0 bridgehead atoms. The maximum absolute atomic E-state index is 2.38. The zero-order valence-electron chi connectivity index (χ0n) is 15.3. The summed E-state index contributed by atoms with van der Waals surface area (Å²) in [7, 11) is 0. The Morgan fingerprint density at radius 1 is 0.667 bits per heavy atom.